The van der Waals surface area contributed by atoms with E-state index in [0.29, 0.717) is 32.0 Å². The van der Waals surface area contributed by atoms with Crippen molar-refractivity contribution in [1.82, 2.24) is 15.1 Å². The zero-order valence-electron chi connectivity index (χ0n) is 13.5. The van der Waals surface area contributed by atoms with Crippen LogP contribution in [-0.4, -0.2) is 53.9 Å². The zero-order chi connectivity index (χ0) is 16.4. The number of benzene rings is 1. The molecule has 0 aliphatic carbocycles. The number of carbonyl (C=O) groups excluding carboxylic acids is 1. The molecule has 24 heavy (non-hydrogen) atoms. The molecule has 2 aliphatic heterocycles. The fourth-order valence-corrected chi connectivity index (χ4v) is 3.28. The van der Waals surface area contributed by atoms with Gasteiger partial charge in [0.2, 0.25) is 0 Å². The summed E-state index contributed by atoms with van der Waals surface area (Å²) < 4.78 is 5.28. The number of hydrogen-bond donors (Lipinski definition) is 0. The lowest BCUT2D eigenvalue weighted by Crippen LogP contribution is -2.41. The lowest BCUT2D eigenvalue weighted by atomic mass is 10.0. The van der Waals surface area contributed by atoms with Gasteiger partial charge in [0.1, 0.15) is 0 Å². The van der Waals surface area contributed by atoms with Gasteiger partial charge in [-0.1, -0.05) is 18.2 Å². The van der Waals surface area contributed by atoms with Crippen molar-refractivity contribution >= 4 is 17.4 Å². The van der Waals surface area contributed by atoms with Crippen LogP contribution in [0.5, 0.6) is 0 Å². The highest BCUT2D eigenvalue weighted by molar-refractivity contribution is 5.92. The van der Waals surface area contributed by atoms with Crippen LogP contribution in [0.1, 0.15) is 22.5 Å². The van der Waals surface area contributed by atoms with Gasteiger partial charge in [-0.2, -0.15) is 0 Å². The molecule has 3 heterocycles. The van der Waals surface area contributed by atoms with E-state index in [1.807, 2.05) is 12.1 Å². The average molecular weight is 324 g/mol. The van der Waals surface area contributed by atoms with Gasteiger partial charge in [-0.05, 0) is 36.6 Å². The second kappa shape index (κ2) is 6.57. The average Bonchev–Trinajstić information content (AvgIpc) is 2.68. The van der Waals surface area contributed by atoms with Crippen LogP contribution in [0.3, 0.4) is 0 Å². The number of morpholine rings is 1. The second-order valence-electron chi connectivity index (χ2n) is 6.07. The zero-order valence-corrected chi connectivity index (χ0v) is 13.5. The summed E-state index contributed by atoms with van der Waals surface area (Å²) in [6.45, 7) is 3.32. The van der Waals surface area contributed by atoms with E-state index in [0.717, 1.165) is 25.2 Å². The summed E-state index contributed by atoms with van der Waals surface area (Å²) in [5.41, 5.74) is 2.91. The predicted octanol–water partition coefficient (Wildman–Crippen LogP) is 2.03. The quantitative estimate of drug-likeness (QED) is 0.846. The molecule has 0 bridgehead atoms. The summed E-state index contributed by atoms with van der Waals surface area (Å²) in [6, 6.07) is 12.0. The van der Waals surface area contributed by atoms with Crippen LogP contribution in [0, 0.1) is 0 Å². The summed E-state index contributed by atoms with van der Waals surface area (Å²) in [5, 5.41) is 8.49. The van der Waals surface area contributed by atoms with Crippen molar-refractivity contribution in [2.75, 3.05) is 37.7 Å². The number of amides is 1. The molecule has 0 atom stereocenters. The Hall–Kier alpha value is -2.47. The van der Waals surface area contributed by atoms with E-state index >= 15 is 0 Å². The van der Waals surface area contributed by atoms with E-state index < -0.39 is 0 Å². The molecule has 0 unspecified atom stereocenters. The number of para-hydroxylation sites is 1. The lowest BCUT2D eigenvalue weighted by Gasteiger charge is -2.30. The topological polar surface area (TPSA) is 58.6 Å². The van der Waals surface area contributed by atoms with Crippen LogP contribution in [0.25, 0.3) is 0 Å². The third kappa shape index (κ3) is 2.85. The monoisotopic (exact) mass is 324 g/mol. The van der Waals surface area contributed by atoms with E-state index in [4.69, 9.17) is 4.74 Å². The minimum absolute atomic E-state index is 0.0728. The Morgan fingerprint density at radius 1 is 1.00 bits per heavy atom. The van der Waals surface area contributed by atoms with Crippen LogP contribution >= 0.6 is 0 Å². The summed E-state index contributed by atoms with van der Waals surface area (Å²) >= 11 is 0. The molecule has 1 amide bonds. The lowest BCUT2D eigenvalue weighted by molar-refractivity contribution is 0.0298. The molecule has 2 aromatic rings. The van der Waals surface area contributed by atoms with Crippen molar-refractivity contribution in [3.05, 3.63) is 47.7 Å². The highest BCUT2D eigenvalue weighted by atomic mass is 16.5. The Morgan fingerprint density at radius 3 is 2.62 bits per heavy atom. The van der Waals surface area contributed by atoms with Gasteiger partial charge in [-0.25, -0.2) is 0 Å². The Bertz CT molecular complexity index is 726. The molecule has 1 aromatic heterocycles. The minimum atomic E-state index is -0.0728. The Kier molecular flexibility index (Phi) is 4.13. The molecule has 2 aliphatic rings. The predicted molar refractivity (Wildman–Crippen MR) is 90.5 cm³/mol. The van der Waals surface area contributed by atoms with Gasteiger partial charge in [0.25, 0.3) is 5.91 Å². The number of fused-ring (bicyclic) bond motifs is 1. The van der Waals surface area contributed by atoms with Crippen LogP contribution in [-0.2, 0) is 11.2 Å². The highest BCUT2D eigenvalue weighted by Gasteiger charge is 2.22. The molecule has 1 fully saturated rings. The number of nitrogens with zero attached hydrogens (tertiary/aromatic N) is 4. The number of hydrogen-bond acceptors (Lipinski definition) is 5. The van der Waals surface area contributed by atoms with E-state index in [1.54, 1.807) is 11.0 Å². The first-order valence-corrected chi connectivity index (χ1v) is 8.39. The molecule has 6 nitrogen and oxygen atoms in total. The van der Waals surface area contributed by atoms with Crippen LogP contribution < -0.4 is 4.90 Å². The molecule has 6 heteroatoms. The molecular formula is C18H20N4O2. The summed E-state index contributed by atoms with van der Waals surface area (Å²) in [4.78, 5) is 16.4. The molecule has 0 spiro atoms. The Balaban J connectivity index is 1.55. The molecule has 1 saturated heterocycles. The van der Waals surface area contributed by atoms with Crippen LogP contribution in [0.4, 0.5) is 11.5 Å². The van der Waals surface area contributed by atoms with E-state index in [1.165, 1.54) is 11.3 Å². The van der Waals surface area contributed by atoms with E-state index in [-0.39, 0.29) is 5.91 Å². The summed E-state index contributed by atoms with van der Waals surface area (Å²) in [6.07, 6.45) is 2.18. The normalized spacial score (nSPS) is 17.5. The first-order chi connectivity index (χ1) is 11.8. The third-order valence-corrected chi connectivity index (χ3v) is 4.55. The minimum Gasteiger partial charge on any atom is -0.378 e. The maximum absolute atomic E-state index is 12.4. The number of ether oxygens (including phenoxy) is 1. The van der Waals surface area contributed by atoms with Gasteiger partial charge in [0.05, 0.1) is 13.2 Å². The van der Waals surface area contributed by atoms with Crippen molar-refractivity contribution in [2.24, 2.45) is 0 Å². The van der Waals surface area contributed by atoms with E-state index in [9.17, 15) is 4.79 Å². The molecule has 0 saturated carbocycles. The first-order valence-electron chi connectivity index (χ1n) is 8.39. The number of anilines is 2. The second-order valence-corrected chi connectivity index (χ2v) is 6.07. The SMILES string of the molecule is O=C(c1ccc(N2CCCc3ccccc32)nn1)N1CCOCC1. The van der Waals surface area contributed by atoms with Gasteiger partial charge in [0, 0.05) is 25.3 Å². The molecule has 0 N–H and O–H groups in total. The first kappa shape index (κ1) is 15.1. The highest BCUT2D eigenvalue weighted by Crippen LogP contribution is 2.31. The Labute approximate surface area is 141 Å². The van der Waals surface area contributed by atoms with Crippen LogP contribution in [0.2, 0.25) is 0 Å². The van der Waals surface area contributed by atoms with Gasteiger partial charge >= 0.3 is 0 Å². The molecule has 1 aromatic carbocycles. The fourth-order valence-electron chi connectivity index (χ4n) is 3.28. The van der Waals surface area contributed by atoms with Crippen molar-refractivity contribution in [2.45, 2.75) is 12.8 Å². The van der Waals surface area contributed by atoms with Gasteiger partial charge < -0.3 is 14.5 Å². The number of aryl methyl sites for hydroxylation is 1. The van der Waals surface area contributed by atoms with E-state index in [2.05, 4.69) is 33.3 Å². The molecule has 0 radical (unpaired) electrons. The van der Waals surface area contributed by atoms with Gasteiger partial charge in [-0.15, -0.1) is 10.2 Å². The fraction of sp³-hybridized carbons (Fsp3) is 0.389. The van der Waals surface area contributed by atoms with Crippen molar-refractivity contribution in [1.29, 1.82) is 0 Å². The Morgan fingerprint density at radius 2 is 1.83 bits per heavy atom. The molecular weight excluding hydrogens is 304 g/mol. The number of aromatic nitrogens is 2. The van der Waals surface area contributed by atoms with Crippen molar-refractivity contribution in [3.8, 4) is 0 Å². The smallest absolute Gasteiger partial charge is 0.274 e. The summed E-state index contributed by atoms with van der Waals surface area (Å²) in [7, 11) is 0. The molecule has 4 rings (SSSR count). The summed E-state index contributed by atoms with van der Waals surface area (Å²) in [5.74, 6) is 0.720. The van der Waals surface area contributed by atoms with Crippen molar-refractivity contribution < 1.29 is 9.53 Å². The standard InChI is InChI=1S/C18H20N4O2/c23-18(21-10-12-24-13-11-21)15-7-8-17(20-19-15)22-9-3-5-14-4-1-2-6-16(14)22/h1-2,4,6-8H,3,5,9-13H2. The largest absolute Gasteiger partial charge is 0.378 e. The molecule has 124 valence electrons. The maximum atomic E-state index is 12.4. The van der Waals surface area contributed by atoms with Gasteiger partial charge in [0.15, 0.2) is 11.5 Å². The van der Waals surface area contributed by atoms with Crippen LogP contribution in [0.15, 0.2) is 36.4 Å². The van der Waals surface area contributed by atoms with Crippen molar-refractivity contribution in [3.63, 3.8) is 0 Å². The van der Waals surface area contributed by atoms with Gasteiger partial charge in [-0.3, -0.25) is 4.79 Å². The number of rotatable bonds is 2. The number of carbonyl (C=O) groups is 1. The third-order valence-electron chi connectivity index (χ3n) is 4.55. The maximum Gasteiger partial charge on any atom is 0.274 e.